The van der Waals surface area contributed by atoms with Crippen LogP contribution in [0, 0.1) is 0 Å². The second kappa shape index (κ2) is 4.51. The highest BCUT2D eigenvalue weighted by molar-refractivity contribution is 7.09. The summed E-state index contributed by atoms with van der Waals surface area (Å²) in [6.45, 7) is 0.963. The molecule has 0 radical (unpaired) electrons. The van der Waals surface area contributed by atoms with E-state index in [1.807, 2.05) is 17.5 Å². The van der Waals surface area contributed by atoms with Gasteiger partial charge in [-0.2, -0.15) is 0 Å². The molecule has 0 fully saturated rings. The number of nitrogens with zero attached hydrogens (tertiary/aromatic N) is 1. The first kappa shape index (κ1) is 11.9. The van der Waals surface area contributed by atoms with Gasteiger partial charge >= 0.3 is 0 Å². The lowest BCUT2D eigenvalue weighted by Gasteiger charge is -2.14. The van der Waals surface area contributed by atoms with Crippen LogP contribution in [0.15, 0.2) is 35.7 Å². The standard InChI is InChI=1S/C14H11NO3S/c16-13-12-9(3-1-5-11(12)14(17)18)7-15(13)8-10-4-2-6-19-10/h1-6H,7-8H2,(H,17,18)/p-1. The van der Waals surface area contributed by atoms with Crippen molar-refractivity contribution in [3.8, 4) is 0 Å². The Labute approximate surface area is 113 Å². The number of rotatable bonds is 3. The van der Waals surface area contributed by atoms with Crippen LogP contribution in [0.1, 0.15) is 31.2 Å². The molecule has 5 heteroatoms. The highest BCUT2D eigenvalue weighted by Crippen LogP contribution is 2.27. The quantitative estimate of drug-likeness (QED) is 0.845. The van der Waals surface area contributed by atoms with E-state index in [-0.39, 0.29) is 17.0 Å². The van der Waals surface area contributed by atoms with E-state index in [1.165, 1.54) is 6.07 Å². The van der Waals surface area contributed by atoms with Crippen LogP contribution in [-0.4, -0.2) is 16.8 Å². The number of amides is 1. The van der Waals surface area contributed by atoms with Crippen molar-refractivity contribution in [1.82, 2.24) is 4.90 Å². The van der Waals surface area contributed by atoms with Gasteiger partial charge in [0.15, 0.2) is 0 Å². The molecule has 1 aliphatic heterocycles. The molecule has 0 spiro atoms. The average Bonchev–Trinajstić information content (AvgIpc) is 2.99. The van der Waals surface area contributed by atoms with Gasteiger partial charge in [-0.3, -0.25) is 4.79 Å². The van der Waals surface area contributed by atoms with Crippen LogP contribution in [0.25, 0.3) is 0 Å². The van der Waals surface area contributed by atoms with Gasteiger partial charge < -0.3 is 14.8 Å². The maximum Gasteiger partial charge on any atom is 0.255 e. The molecule has 0 aliphatic carbocycles. The Morgan fingerprint density at radius 2 is 2.16 bits per heavy atom. The maximum atomic E-state index is 12.3. The SMILES string of the molecule is O=C([O-])c1cccc2c1C(=O)N(Cc1cccs1)C2. The Bertz CT molecular complexity index is 649. The minimum absolute atomic E-state index is 0.0174. The molecule has 0 N–H and O–H groups in total. The van der Waals surface area contributed by atoms with E-state index in [9.17, 15) is 14.7 Å². The molecular formula is C14H10NO3S-. The minimum atomic E-state index is -1.30. The fourth-order valence-electron chi connectivity index (χ4n) is 2.31. The molecule has 19 heavy (non-hydrogen) atoms. The number of carbonyl (C=O) groups excluding carboxylic acids is 2. The number of carboxylic acids is 1. The number of aromatic carboxylic acids is 1. The Morgan fingerprint density at radius 3 is 2.84 bits per heavy atom. The Balaban J connectivity index is 1.94. The zero-order valence-corrected chi connectivity index (χ0v) is 10.8. The molecule has 0 saturated carbocycles. The molecule has 1 aliphatic rings. The number of fused-ring (bicyclic) bond motifs is 1. The van der Waals surface area contributed by atoms with E-state index < -0.39 is 5.97 Å². The largest absolute Gasteiger partial charge is 0.545 e. The summed E-state index contributed by atoms with van der Waals surface area (Å²) in [7, 11) is 0. The van der Waals surface area contributed by atoms with E-state index in [0.717, 1.165) is 10.4 Å². The highest BCUT2D eigenvalue weighted by Gasteiger charge is 2.29. The lowest BCUT2D eigenvalue weighted by Crippen LogP contribution is -2.27. The summed E-state index contributed by atoms with van der Waals surface area (Å²) in [5.74, 6) is -1.54. The zero-order chi connectivity index (χ0) is 13.4. The van der Waals surface area contributed by atoms with Gasteiger partial charge in [-0.15, -0.1) is 11.3 Å². The molecule has 1 aromatic heterocycles. The van der Waals surface area contributed by atoms with Crippen LogP contribution in [0.3, 0.4) is 0 Å². The zero-order valence-electron chi connectivity index (χ0n) is 9.96. The molecule has 0 atom stereocenters. The normalized spacial score (nSPS) is 13.7. The summed E-state index contributed by atoms with van der Waals surface area (Å²) < 4.78 is 0. The van der Waals surface area contributed by atoms with Gasteiger partial charge in [0.25, 0.3) is 5.91 Å². The topological polar surface area (TPSA) is 60.4 Å². The van der Waals surface area contributed by atoms with Gasteiger partial charge in [-0.25, -0.2) is 0 Å². The molecular weight excluding hydrogens is 262 g/mol. The first-order chi connectivity index (χ1) is 9.16. The highest BCUT2D eigenvalue weighted by atomic mass is 32.1. The third kappa shape index (κ3) is 2.02. The lowest BCUT2D eigenvalue weighted by molar-refractivity contribution is -0.255. The van der Waals surface area contributed by atoms with Crippen molar-refractivity contribution in [2.45, 2.75) is 13.1 Å². The van der Waals surface area contributed by atoms with Crippen molar-refractivity contribution in [3.63, 3.8) is 0 Å². The van der Waals surface area contributed by atoms with Crippen LogP contribution in [0.4, 0.5) is 0 Å². The van der Waals surface area contributed by atoms with E-state index in [2.05, 4.69) is 0 Å². The van der Waals surface area contributed by atoms with Crippen LogP contribution in [-0.2, 0) is 13.1 Å². The summed E-state index contributed by atoms with van der Waals surface area (Å²) in [5, 5.41) is 13.0. The van der Waals surface area contributed by atoms with E-state index >= 15 is 0 Å². The third-order valence-electron chi connectivity index (χ3n) is 3.16. The molecule has 1 aromatic carbocycles. The monoisotopic (exact) mass is 272 g/mol. The Kier molecular flexibility index (Phi) is 2.83. The molecule has 2 aromatic rings. The lowest BCUT2D eigenvalue weighted by atomic mass is 10.0. The van der Waals surface area contributed by atoms with E-state index in [0.29, 0.717) is 13.1 Å². The molecule has 4 nitrogen and oxygen atoms in total. The van der Waals surface area contributed by atoms with E-state index in [4.69, 9.17) is 0 Å². The molecule has 3 rings (SSSR count). The molecule has 2 heterocycles. The maximum absolute atomic E-state index is 12.3. The Morgan fingerprint density at radius 1 is 1.32 bits per heavy atom. The van der Waals surface area contributed by atoms with Crippen LogP contribution >= 0.6 is 11.3 Å². The first-order valence-corrected chi connectivity index (χ1v) is 6.69. The van der Waals surface area contributed by atoms with Crippen molar-refractivity contribution in [1.29, 1.82) is 0 Å². The van der Waals surface area contributed by atoms with Gasteiger partial charge in [0, 0.05) is 17.0 Å². The fraction of sp³-hybridized carbons (Fsp3) is 0.143. The third-order valence-corrected chi connectivity index (χ3v) is 4.02. The Hall–Kier alpha value is -2.14. The molecule has 0 bridgehead atoms. The number of carboxylic acid groups (broad SMARTS) is 1. The van der Waals surface area contributed by atoms with Gasteiger partial charge in [-0.1, -0.05) is 24.3 Å². The minimum Gasteiger partial charge on any atom is -0.545 e. The second-order valence-corrected chi connectivity index (χ2v) is 5.40. The first-order valence-electron chi connectivity index (χ1n) is 5.81. The van der Waals surface area contributed by atoms with Crippen molar-refractivity contribution < 1.29 is 14.7 Å². The van der Waals surface area contributed by atoms with Crippen molar-refractivity contribution >= 4 is 23.2 Å². The van der Waals surface area contributed by atoms with Crippen molar-refractivity contribution in [2.75, 3.05) is 0 Å². The van der Waals surface area contributed by atoms with Gasteiger partial charge in [-0.05, 0) is 17.0 Å². The van der Waals surface area contributed by atoms with Gasteiger partial charge in [0.2, 0.25) is 0 Å². The molecule has 96 valence electrons. The predicted octanol–water partition coefficient (Wildman–Crippen LogP) is 1.27. The molecule has 0 saturated heterocycles. The summed E-state index contributed by atoms with van der Waals surface area (Å²) in [5.41, 5.74) is 1.01. The summed E-state index contributed by atoms with van der Waals surface area (Å²) in [6, 6.07) is 8.74. The second-order valence-electron chi connectivity index (χ2n) is 4.37. The van der Waals surface area contributed by atoms with Crippen molar-refractivity contribution in [2.24, 2.45) is 0 Å². The predicted molar refractivity (Wildman–Crippen MR) is 68.7 cm³/mol. The summed E-state index contributed by atoms with van der Waals surface area (Å²) in [6.07, 6.45) is 0. The average molecular weight is 272 g/mol. The number of benzene rings is 1. The number of hydrogen-bond donors (Lipinski definition) is 0. The van der Waals surface area contributed by atoms with E-state index in [1.54, 1.807) is 28.4 Å². The van der Waals surface area contributed by atoms with Gasteiger partial charge in [0.05, 0.1) is 18.1 Å². The van der Waals surface area contributed by atoms with Crippen molar-refractivity contribution in [3.05, 3.63) is 57.3 Å². The number of thiophene rings is 1. The van der Waals surface area contributed by atoms with Crippen LogP contribution in [0.5, 0.6) is 0 Å². The van der Waals surface area contributed by atoms with Crippen LogP contribution < -0.4 is 5.11 Å². The van der Waals surface area contributed by atoms with Crippen LogP contribution in [0.2, 0.25) is 0 Å². The summed E-state index contributed by atoms with van der Waals surface area (Å²) in [4.78, 5) is 26.1. The fourth-order valence-corrected chi connectivity index (χ4v) is 3.03. The molecule has 1 amide bonds. The smallest absolute Gasteiger partial charge is 0.255 e. The molecule has 0 unspecified atom stereocenters. The summed E-state index contributed by atoms with van der Waals surface area (Å²) >= 11 is 1.58. The van der Waals surface area contributed by atoms with Gasteiger partial charge in [0.1, 0.15) is 0 Å². The number of carbonyl (C=O) groups is 2. The number of hydrogen-bond acceptors (Lipinski definition) is 4.